The third kappa shape index (κ3) is 2.13. The Morgan fingerprint density at radius 3 is 2.93 bits per heavy atom. The first-order chi connectivity index (χ1) is 6.75. The van der Waals surface area contributed by atoms with E-state index in [0.717, 1.165) is 15.1 Å². The topological polar surface area (TPSA) is 30.7 Å². The fourth-order valence-electron chi connectivity index (χ4n) is 1.14. The standard InChI is InChI=1S/C9H7BrClN3/c10-9-3-8(11)2-1-7(9)4-14-6-12-5-13-14/h1-3,5-6H,4H2. The van der Waals surface area contributed by atoms with Gasteiger partial charge in [-0.15, -0.1) is 0 Å². The molecular formula is C9H7BrClN3. The Morgan fingerprint density at radius 1 is 1.43 bits per heavy atom. The second kappa shape index (κ2) is 4.11. The molecule has 0 radical (unpaired) electrons. The molecule has 3 nitrogen and oxygen atoms in total. The number of hydrogen-bond donors (Lipinski definition) is 0. The summed E-state index contributed by atoms with van der Waals surface area (Å²) in [6.07, 6.45) is 3.20. The van der Waals surface area contributed by atoms with Crippen molar-refractivity contribution in [2.75, 3.05) is 0 Å². The summed E-state index contributed by atoms with van der Waals surface area (Å²) in [5, 5.41) is 4.75. The van der Waals surface area contributed by atoms with Crippen LogP contribution in [-0.2, 0) is 6.54 Å². The summed E-state index contributed by atoms with van der Waals surface area (Å²) < 4.78 is 2.74. The highest BCUT2D eigenvalue weighted by Crippen LogP contribution is 2.21. The number of halogens is 2. The van der Waals surface area contributed by atoms with Gasteiger partial charge in [0.15, 0.2) is 0 Å². The summed E-state index contributed by atoms with van der Waals surface area (Å²) >= 11 is 9.28. The van der Waals surface area contributed by atoms with Crippen molar-refractivity contribution >= 4 is 27.5 Å². The van der Waals surface area contributed by atoms with E-state index in [4.69, 9.17) is 11.6 Å². The Labute approximate surface area is 94.9 Å². The third-order valence-corrected chi connectivity index (χ3v) is 2.79. The fraction of sp³-hybridized carbons (Fsp3) is 0.111. The molecule has 0 unspecified atom stereocenters. The molecule has 0 bridgehead atoms. The van der Waals surface area contributed by atoms with E-state index in [2.05, 4.69) is 26.0 Å². The quantitative estimate of drug-likeness (QED) is 0.841. The zero-order chi connectivity index (χ0) is 9.97. The van der Waals surface area contributed by atoms with Gasteiger partial charge in [-0.25, -0.2) is 9.67 Å². The van der Waals surface area contributed by atoms with E-state index in [9.17, 15) is 0 Å². The summed E-state index contributed by atoms with van der Waals surface area (Å²) in [5.41, 5.74) is 1.12. The smallest absolute Gasteiger partial charge is 0.137 e. The second-order valence-corrected chi connectivity index (χ2v) is 4.12. The molecule has 2 aromatic rings. The van der Waals surface area contributed by atoms with Crippen LogP contribution in [0.3, 0.4) is 0 Å². The van der Waals surface area contributed by atoms with Gasteiger partial charge in [-0.05, 0) is 17.7 Å². The Hall–Kier alpha value is -0.870. The first-order valence-electron chi connectivity index (χ1n) is 4.02. The molecule has 2 rings (SSSR count). The zero-order valence-corrected chi connectivity index (χ0v) is 9.53. The number of nitrogens with zero attached hydrogens (tertiary/aromatic N) is 3. The molecule has 0 fully saturated rings. The molecule has 0 N–H and O–H groups in total. The molecule has 1 aromatic heterocycles. The molecule has 0 saturated heterocycles. The van der Waals surface area contributed by atoms with Crippen LogP contribution < -0.4 is 0 Å². The molecule has 5 heteroatoms. The molecular weight excluding hydrogens is 265 g/mol. The minimum absolute atomic E-state index is 0.692. The maximum atomic E-state index is 5.83. The Bertz CT molecular complexity index is 428. The van der Waals surface area contributed by atoms with Gasteiger partial charge >= 0.3 is 0 Å². The van der Waals surface area contributed by atoms with Gasteiger partial charge in [0, 0.05) is 9.50 Å². The largest absolute Gasteiger partial charge is 0.249 e. The van der Waals surface area contributed by atoms with Crippen molar-refractivity contribution in [1.82, 2.24) is 14.8 Å². The van der Waals surface area contributed by atoms with Gasteiger partial charge in [0.2, 0.25) is 0 Å². The molecule has 0 aliphatic carbocycles. The van der Waals surface area contributed by atoms with Crippen LogP contribution in [0.2, 0.25) is 5.02 Å². The predicted molar refractivity (Wildman–Crippen MR) is 58.3 cm³/mol. The maximum Gasteiger partial charge on any atom is 0.137 e. The third-order valence-electron chi connectivity index (χ3n) is 1.81. The molecule has 1 heterocycles. The second-order valence-electron chi connectivity index (χ2n) is 2.83. The lowest BCUT2D eigenvalue weighted by Crippen LogP contribution is -2.00. The van der Waals surface area contributed by atoms with Gasteiger partial charge in [0.25, 0.3) is 0 Å². The van der Waals surface area contributed by atoms with Gasteiger partial charge in [-0.1, -0.05) is 33.6 Å². The van der Waals surface area contributed by atoms with Gasteiger partial charge in [0.05, 0.1) is 6.54 Å². The first kappa shape index (κ1) is 9.68. The Morgan fingerprint density at radius 2 is 2.29 bits per heavy atom. The van der Waals surface area contributed by atoms with Crippen LogP contribution in [0.4, 0.5) is 0 Å². The minimum Gasteiger partial charge on any atom is -0.249 e. The van der Waals surface area contributed by atoms with Crippen molar-refractivity contribution in [3.05, 3.63) is 45.9 Å². The van der Waals surface area contributed by atoms with Crippen LogP contribution in [0, 0.1) is 0 Å². The van der Waals surface area contributed by atoms with Crippen LogP contribution in [0.15, 0.2) is 35.3 Å². The SMILES string of the molecule is Clc1ccc(Cn2cncn2)c(Br)c1. The molecule has 0 spiro atoms. The number of rotatable bonds is 2. The van der Waals surface area contributed by atoms with Crippen LogP contribution in [-0.4, -0.2) is 14.8 Å². The van der Waals surface area contributed by atoms with E-state index in [1.54, 1.807) is 11.0 Å². The summed E-state index contributed by atoms with van der Waals surface area (Å²) in [5.74, 6) is 0. The molecule has 0 aliphatic rings. The maximum absolute atomic E-state index is 5.83. The van der Waals surface area contributed by atoms with Crippen molar-refractivity contribution in [2.45, 2.75) is 6.54 Å². The van der Waals surface area contributed by atoms with Gasteiger partial charge < -0.3 is 0 Å². The highest BCUT2D eigenvalue weighted by Gasteiger charge is 2.01. The van der Waals surface area contributed by atoms with E-state index in [1.807, 2.05) is 18.2 Å². The van der Waals surface area contributed by atoms with Crippen molar-refractivity contribution < 1.29 is 0 Å². The summed E-state index contributed by atoms with van der Waals surface area (Å²) in [4.78, 5) is 3.88. The summed E-state index contributed by atoms with van der Waals surface area (Å²) in [6.45, 7) is 0.692. The van der Waals surface area contributed by atoms with E-state index in [-0.39, 0.29) is 0 Å². The molecule has 14 heavy (non-hydrogen) atoms. The average Bonchev–Trinajstić information content (AvgIpc) is 2.62. The number of aromatic nitrogens is 3. The molecule has 0 saturated carbocycles. The average molecular weight is 273 g/mol. The van der Waals surface area contributed by atoms with E-state index >= 15 is 0 Å². The molecule has 0 amide bonds. The van der Waals surface area contributed by atoms with Crippen LogP contribution in [0.25, 0.3) is 0 Å². The first-order valence-corrected chi connectivity index (χ1v) is 5.19. The zero-order valence-electron chi connectivity index (χ0n) is 7.19. The lowest BCUT2D eigenvalue weighted by atomic mass is 10.2. The summed E-state index contributed by atoms with van der Waals surface area (Å²) in [7, 11) is 0. The van der Waals surface area contributed by atoms with Crippen molar-refractivity contribution in [2.24, 2.45) is 0 Å². The highest BCUT2D eigenvalue weighted by molar-refractivity contribution is 9.10. The molecule has 0 atom stereocenters. The lowest BCUT2D eigenvalue weighted by Gasteiger charge is -2.04. The van der Waals surface area contributed by atoms with Crippen LogP contribution in [0.5, 0.6) is 0 Å². The van der Waals surface area contributed by atoms with Gasteiger partial charge in [0.1, 0.15) is 12.7 Å². The van der Waals surface area contributed by atoms with Crippen molar-refractivity contribution in [3.8, 4) is 0 Å². The highest BCUT2D eigenvalue weighted by atomic mass is 79.9. The van der Waals surface area contributed by atoms with Crippen LogP contribution in [0.1, 0.15) is 5.56 Å². The Balaban J connectivity index is 2.25. The van der Waals surface area contributed by atoms with Crippen molar-refractivity contribution in [1.29, 1.82) is 0 Å². The molecule has 1 aromatic carbocycles. The van der Waals surface area contributed by atoms with Crippen molar-refractivity contribution in [3.63, 3.8) is 0 Å². The van der Waals surface area contributed by atoms with Gasteiger partial charge in [-0.2, -0.15) is 5.10 Å². The lowest BCUT2D eigenvalue weighted by molar-refractivity contribution is 0.683. The minimum atomic E-state index is 0.692. The monoisotopic (exact) mass is 271 g/mol. The Kier molecular flexibility index (Phi) is 2.84. The van der Waals surface area contributed by atoms with Crippen LogP contribution >= 0.6 is 27.5 Å². The predicted octanol–water partition coefficient (Wildman–Crippen LogP) is 2.74. The molecule has 72 valence electrons. The number of benzene rings is 1. The van der Waals surface area contributed by atoms with E-state index < -0.39 is 0 Å². The summed E-state index contributed by atoms with van der Waals surface area (Å²) in [6, 6.07) is 5.69. The van der Waals surface area contributed by atoms with Gasteiger partial charge in [-0.3, -0.25) is 0 Å². The van der Waals surface area contributed by atoms with E-state index in [1.165, 1.54) is 6.33 Å². The van der Waals surface area contributed by atoms with E-state index in [0.29, 0.717) is 6.54 Å². The normalized spacial score (nSPS) is 10.4. The number of hydrogen-bond acceptors (Lipinski definition) is 2. The molecule has 0 aliphatic heterocycles. The fourth-order valence-corrected chi connectivity index (χ4v) is 1.95.